The second-order valence-electron chi connectivity index (χ2n) is 3.73. The fourth-order valence-corrected chi connectivity index (χ4v) is 1.57. The number of aryl methyl sites for hydroxylation is 1. The highest BCUT2D eigenvalue weighted by Gasteiger charge is 2.02. The van der Waals surface area contributed by atoms with Gasteiger partial charge in [0.15, 0.2) is 0 Å². The molecule has 3 nitrogen and oxygen atoms in total. The Morgan fingerprint density at radius 1 is 1.40 bits per heavy atom. The van der Waals surface area contributed by atoms with Gasteiger partial charge in [-0.25, -0.2) is 5.01 Å². The second kappa shape index (κ2) is 5.73. The van der Waals surface area contributed by atoms with E-state index in [1.54, 1.807) is 12.1 Å². The minimum Gasteiger partial charge on any atom is -0.496 e. The number of benzene rings is 1. The van der Waals surface area contributed by atoms with Gasteiger partial charge in [0.05, 0.1) is 7.11 Å². The summed E-state index contributed by atoms with van der Waals surface area (Å²) in [5.41, 5.74) is 2.57. The zero-order chi connectivity index (χ0) is 11.3. The molecular weight excluding hydrogens is 188 g/mol. The van der Waals surface area contributed by atoms with Crippen molar-refractivity contribution in [1.82, 2.24) is 5.01 Å². The summed E-state index contributed by atoms with van der Waals surface area (Å²) >= 11 is 0. The van der Waals surface area contributed by atoms with Gasteiger partial charge >= 0.3 is 0 Å². The fraction of sp³-hybridized carbons (Fsp3) is 0.500. The molecule has 3 heteroatoms. The van der Waals surface area contributed by atoms with Crippen molar-refractivity contribution < 1.29 is 4.74 Å². The third-order valence-electron chi connectivity index (χ3n) is 2.48. The molecule has 1 aromatic carbocycles. The van der Waals surface area contributed by atoms with Gasteiger partial charge in [-0.05, 0) is 30.0 Å². The lowest BCUT2D eigenvalue weighted by Crippen LogP contribution is -2.28. The lowest BCUT2D eigenvalue weighted by molar-refractivity contribution is 0.353. The van der Waals surface area contributed by atoms with Gasteiger partial charge in [0, 0.05) is 13.6 Å². The summed E-state index contributed by atoms with van der Waals surface area (Å²) in [4.78, 5) is 0. The monoisotopic (exact) mass is 208 g/mol. The summed E-state index contributed by atoms with van der Waals surface area (Å²) in [6.45, 7) is 3.01. The largest absolute Gasteiger partial charge is 0.496 e. The van der Waals surface area contributed by atoms with Crippen LogP contribution in [0.4, 0.5) is 0 Å². The van der Waals surface area contributed by atoms with Crippen LogP contribution in [0, 0.1) is 0 Å². The lowest BCUT2D eigenvalue weighted by atomic mass is 10.1. The predicted octanol–water partition coefficient (Wildman–Crippen LogP) is 1.61. The standard InChI is InChI=1S/C12H20N2O/c1-4-11-9-10(7-8-14(2)13)5-6-12(11)15-3/h5-6,9H,4,7-8,13H2,1-3H3. The van der Waals surface area contributed by atoms with Crippen LogP contribution >= 0.6 is 0 Å². The highest BCUT2D eigenvalue weighted by Crippen LogP contribution is 2.20. The minimum absolute atomic E-state index is 0.871. The van der Waals surface area contributed by atoms with E-state index in [9.17, 15) is 0 Å². The number of rotatable bonds is 5. The van der Waals surface area contributed by atoms with E-state index in [1.165, 1.54) is 11.1 Å². The van der Waals surface area contributed by atoms with Crippen molar-refractivity contribution in [2.45, 2.75) is 19.8 Å². The number of nitrogens with two attached hydrogens (primary N) is 1. The molecule has 0 fully saturated rings. The first kappa shape index (κ1) is 12.0. The fourth-order valence-electron chi connectivity index (χ4n) is 1.57. The maximum absolute atomic E-state index is 5.58. The van der Waals surface area contributed by atoms with Crippen LogP contribution in [0.5, 0.6) is 5.75 Å². The van der Waals surface area contributed by atoms with Gasteiger partial charge in [0.1, 0.15) is 5.75 Å². The molecule has 0 atom stereocenters. The first-order valence-electron chi connectivity index (χ1n) is 5.29. The van der Waals surface area contributed by atoms with Crippen LogP contribution in [0.1, 0.15) is 18.1 Å². The number of nitrogens with zero attached hydrogens (tertiary/aromatic N) is 1. The Balaban J connectivity index is 2.74. The Bertz CT molecular complexity index is 310. The van der Waals surface area contributed by atoms with Crippen molar-refractivity contribution in [2.24, 2.45) is 5.84 Å². The molecule has 15 heavy (non-hydrogen) atoms. The van der Waals surface area contributed by atoms with E-state index in [0.29, 0.717) is 0 Å². The summed E-state index contributed by atoms with van der Waals surface area (Å²) in [6.07, 6.45) is 1.97. The highest BCUT2D eigenvalue weighted by molar-refractivity contribution is 5.37. The summed E-state index contributed by atoms with van der Waals surface area (Å²) in [5, 5.41) is 1.70. The molecule has 0 aliphatic rings. The molecule has 2 N–H and O–H groups in total. The molecule has 0 saturated heterocycles. The summed E-state index contributed by atoms with van der Waals surface area (Å²) in [5.74, 6) is 6.55. The molecule has 0 radical (unpaired) electrons. The van der Waals surface area contributed by atoms with Gasteiger partial charge in [0.25, 0.3) is 0 Å². The maximum Gasteiger partial charge on any atom is 0.122 e. The third-order valence-corrected chi connectivity index (χ3v) is 2.48. The maximum atomic E-state index is 5.58. The number of hydrogen-bond donors (Lipinski definition) is 1. The minimum atomic E-state index is 0.871. The van der Waals surface area contributed by atoms with E-state index < -0.39 is 0 Å². The van der Waals surface area contributed by atoms with E-state index in [-0.39, 0.29) is 0 Å². The van der Waals surface area contributed by atoms with Crippen molar-refractivity contribution in [1.29, 1.82) is 0 Å². The van der Waals surface area contributed by atoms with Crippen LogP contribution < -0.4 is 10.6 Å². The molecule has 1 rings (SSSR count). The molecule has 0 aliphatic heterocycles. The molecule has 84 valence electrons. The first-order chi connectivity index (χ1) is 7.17. The van der Waals surface area contributed by atoms with Crippen LogP contribution in [-0.2, 0) is 12.8 Å². The Morgan fingerprint density at radius 2 is 2.13 bits per heavy atom. The Hall–Kier alpha value is -1.06. The average molecular weight is 208 g/mol. The number of methoxy groups -OCH3 is 1. The number of hydrazine groups is 1. The van der Waals surface area contributed by atoms with Gasteiger partial charge in [-0.2, -0.15) is 0 Å². The van der Waals surface area contributed by atoms with E-state index in [2.05, 4.69) is 19.1 Å². The molecule has 0 unspecified atom stereocenters. The van der Waals surface area contributed by atoms with Crippen LogP contribution in [0.15, 0.2) is 18.2 Å². The molecule has 0 spiro atoms. The number of likely N-dealkylation sites (N-methyl/N-ethyl adjacent to an activating group) is 1. The summed E-state index contributed by atoms with van der Waals surface area (Å²) in [6, 6.07) is 6.33. The van der Waals surface area contributed by atoms with Crippen molar-refractivity contribution in [3.63, 3.8) is 0 Å². The van der Waals surface area contributed by atoms with Crippen molar-refractivity contribution >= 4 is 0 Å². The molecule has 0 bridgehead atoms. The van der Waals surface area contributed by atoms with Gasteiger partial charge in [-0.15, -0.1) is 0 Å². The van der Waals surface area contributed by atoms with Crippen molar-refractivity contribution in [3.05, 3.63) is 29.3 Å². The zero-order valence-corrected chi connectivity index (χ0v) is 9.79. The van der Waals surface area contributed by atoms with E-state index >= 15 is 0 Å². The number of hydrogen-bond acceptors (Lipinski definition) is 3. The Kier molecular flexibility index (Phi) is 4.59. The molecule has 0 aromatic heterocycles. The third kappa shape index (κ3) is 3.53. The van der Waals surface area contributed by atoms with Crippen molar-refractivity contribution in [3.8, 4) is 5.75 Å². The predicted molar refractivity (Wildman–Crippen MR) is 62.9 cm³/mol. The van der Waals surface area contributed by atoms with Crippen LogP contribution in [0.3, 0.4) is 0 Å². The van der Waals surface area contributed by atoms with E-state index in [4.69, 9.17) is 10.6 Å². The number of ether oxygens (including phenoxy) is 1. The topological polar surface area (TPSA) is 38.5 Å². The smallest absolute Gasteiger partial charge is 0.122 e. The van der Waals surface area contributed by atoms with Gasteiger partial charge in [-0.1, -0.05) is 19.1 Å². The zero-order valence-electron chi connectivity index (χ0n) is 9.79. The van der Waals surface area contributed by atoms with Crippen LogP contribution in [-0.4, -0.2) is 25.7 Å². The summed E-state index contributed by atoms with van der Waals surface area (Å²) < 4.78 is 5.28. The molecule has 1 aromatic rings. The molecule has 0 amide bonds. The van der Waals surface area contributed by atoms with Gasteiger partial charge < -0.3 is 4.74 Å². The van der Waals surface area contributed by atoms with Crippen LogP contribution in [0.2, 0.25) is 0 Å². The SMILES string of the molecule is CCc1cc(CCN(C)N)ccc1OC. The van der Waals surface area contributed by atoms with Crippen LogP contribution in [0.25, 0.3) is 0 Å². The van der Waals surface area contributed by atoms with Gasteiger partial charge in [-0.3, -0.25) is 5.84 Å². The Labute approximate surface area is 91.8 Å². The quantitative estimate of drug-likeness (QED) is 0.590. The van der Waals surface area contributed by atoms with Gasteiger partial charge in [0.2, 0.25) is 0 Å². The van der Waals surface area contributed by atoms with E-state index in [0.717, 1.165) is 25.1 Å². The Morgan fingerprint density at radius 3 is 2.67 bits per heavy atom. The molecule has 0 aliphatic carbocycles. The van der Waals surface area contributed by atoms with E-state index in [1.807, 2.05) is 13.1 Å². The normalized spacial score (nSPS) is 10.7. The summed E-state index contributed by atoms with van der Waals surface area (Å²) in [7, 11) is 3.59. The van der Waals surface area contributed by atoms with Crippen molar-refractivity contribution in [2.75, 3.05) is 20.7 Å². The highest BCUT2D eigenvalue weighted by atomic mass is 16.5. The molecule has 0 saturated carbocycles. The average Bonchev–Trinajstić information content (AvgIpc) is 2.25. The second-order valence-corrected chi connectivity index (χ2v) is 3.73. The first-order valence-corrected chi connectivity index (χ1v) is 5.29. The lowest BCUT2D eigenvalue weighted by Gasteiger charge is -2.11. The molecule has 0 heterocycles. The molecular formula is C12H20N2O.